The first-order valence-corrected chi connectivity index (χ1v) is 12.7. The van der Waals surface area contributed by atoms with Crippen molar-refractivity contribution in [3.05, 3.63) is 46.8 Å². The Morgan fingerprint density at radius 3 is 1.94 bits per heavy atom. The summed E-state index contributed by atoms with van der Waals surface area (Å²) in [6.45, 7) is 7.86. The standard InChI is InChI=1S/C26H38N4O3/c31-26-24(32-20-10-18-28-14-6-2-7-15-28)22-25(27-30(26)23-12-4-1-5-13-23)33-21-11-19-29-16-8-3-9-17-29/h1,4-5,12-13,22H,2-3,6-11,14-21H2. The second kappa shape index (κ2) is 12.8. The fourth-order valence-corrected chi connectivity index (χ4v) is 4.67. The lowest BCUT2D eigenvalue weighted by Gasteiger charge is -2.26. The van der Waals surface area contributed by atoms with Crippen molar-refractivity contribution in [1.82, 2.24) is 19.6 Å². The van der Waals surface area contributed by atoms with Crippen molar-refractivity contribution >= 4 is 0 Å². The first kappa shape index (κ1) is 23.8. The summed E-state index contributed by atoms with van der Waals surface area (Å²) in [7, 11) is 0. The molecule has 0 aliphatic carbocycles. The molecule has 4 rings (SSSR count). The quantitative estimate of drug-likeness (QED) is 0.482. The van der Waals surface area contributed by atoms with Gasteiger partial charge in [0.05, 0.1) is 18.9 Å². The van der Waals surface area contributed by atoms with Crippen LogP contribution in [0.15, 0.2) is 41.2 Å². The van der Waals surface area contributed by atoms with Gasteiger partial charge in [-0.1, -0.05) is 31.0 Å². The average Bonchev–Trinajstić information content (AvgIpc) is 2.87. The van der Waals surface area contributed by atoms with Crippen molar-refractivity contribution in [2.75, 3.05) is 52.5 Å². The Hall–Kier alpha value is -2.38. The molecular weight excluding hydrogens is 416 g/mol. The van der Waals surface area contributed by atoms with Crippen molar-refractivity contribution in [2.45, 2.75) is 51.4 Å². The molecule has 0 amide bonds. The van der Waals surface area contributed by atoms with Crippen LogP contribution in [0.25, 0.3) is 5.69 Å². The molecule has 0 radical (unpaired) electrons. The monoisotopic (exact) mass is 454 g/mol. The van der Waals surface area contributed by atoms with E-state index in [0.717, 1.165) is 25.9 Å². The SMILES string of the molecule is O=c1c(OCCCN2CCCCC2)cc(OCCCN2CCCCC2)nn1-c1ccccc1. The molecule has 33 heavy (non-hydrogen) atoms. The van der Waals surface area contributed by atoms with Gasteiger partial charge in [-0.2, -0.15) is 4.68 Å². The van der Waals surface area contributed by atoms with Crippen LogP contribution in [0.3, 0.4) is 0 Å². The van der Waals surface area contributed by atoms with Gasteiger partial charge >= 0.3 is 5.56 Å². The second-order valence-electron chi connectivity index (χ2n) is 9.11. The third-order valence-corrected chi connectivity index (χ3v) is 6.50. The Labute approximate surface area is 197 Å². The van der Waals surface area contributed by atoms with E-state index in [9.17, 15) is 4.79 Å². The highest BCUT2D eigenvalue weighted by Crippen LogP contribution is 2.16. The van der Waals surface area contributed by atoms with Crippen LogP contribution < -0.4 is 15.0 Å². The van der Waals surface area contributed by atoms with Gasteiger partial charge in [0.25, 0.3) is 0 Å². The number of nitrogens with zero attached hydrogens (tertiary/aromatic N) is 4. The van der Waals surface area contributed by atoms with E-state index in [1.165, 1.54) is 69.4 Å². The van der Waals surface area contributed by atoms with E-state index in [4.69, 9.17) is 9.47 Å². The number of hydrogen-bond acceptors (Lipinski definition) is 6. The maximum absolute atomic E-state index is 13.1. The van der Waals surface area contributed by atoms with E-state index >= 15 is 0 Å². The molecule has 1 aromatic carbocycles. The highest BCUT2D eigenvalue weighted by atomic mass is 16.5. The molecule has 0 spiro atoms. The molecule has 2 aliphatic heterocycles. The average molecular weight is 455 g/mol. The lowest BCUT2D eigenvalue weighted by Crippen LogP contribution is -2.31. The van der Waals surface area contributed by atoms with Gasteiger partial charge in [0.15, 0.2) is 5.75 Å². The van der Waals surface area contributed by atoms with Crippen molar-refractivity contribution in [3.63, 3.8) is 0 Å². The molecule has 2 fully saturated rings. The summed E-state index contributed by atoms with van der Waals surface area (Å²) in [5, 5.41) is 4.47. The third-order valence-electron chi connectivity index (χ3n) is 6.50. The van der Waals surface area contributed by atoms with Crippen LogP contribution in [0.4, 0.5) is 0 Å². The van der Waals surface area contributed by atoms with E-state index in [-0.39, 0.29) is 5.56 Å². The summed E-state index contributed by atoms with van der Waals surface area (Å²) in [5.74, 6) is 0.738. The third kappa shape index (κ3) is 7.30. The molecule has 7 nitrogen and oxygen atoms in total. The normalized spacial score (nSPS) is 17.7. The lowest BCUT2D eigenvalue weighted by molar-refractivity contribution is 0.198. The molecule has 0 atom stereocenters. The first-order valence-electron chi connectivity index (χ1n) is 12.7. The van der Waals surface area contributed by atoms with Gasteiger partial charge in [-0.15, -0.1) is 5.10 Å². The maximum Gasteiger partial charge on any atom is 0.314 e. The van der Waals surface area contributed by atoms with Gasteiger partial charge in [0.1, 0.15) is 0 Å². The fourth-order valence-electron chi connectivity index (χ4n) is 4.67. The number of piperidine rings is 2. The summed E-state index contributed by atoms with van der Waals surface area (Å²) in [4.78, 5) is 18.0. The number of benzene rings is 1. The Balaban J connectivity index is 1.36. The van der Waals surface area contributed by atoms with Crippen molar-refractivity contribution in [3.8, 4) is 17.3 Å². The summed E-state index contributed by atoms with van der Waals surface area (Å²) < 4.78 is 13.3. The number of para-hydroxylation sites is 1. The maximum atomic E-state index is 13.1. The zero-order valence-corrected chi connectivity index (χ0v) is 19.8. The van der Waals surface area contributed by atoms with Crippen LogP contribution in [-0.2, 0) is 0 Å². The van der Waals surface area contributed by atoms with E-state index in [1.807, 2.05) is 30.3 Å². The molecule has 3 heterocycles. The van der Waals surface area contributed by atoms with Gasteiger partial charge in [0.2, 0.25) is 5.88 Å². The van der Waals surface area contributed by atoms with Crippen LogP contribution in [0.5, 0.6) is 11.6 Å². The largest absolute Gasteiger partial charge is 0.488 e. The predicted octanol–water partition coefficient (Wildman–Crippen LogP) is 3.74. The zero-order chi connectivity index (χ0) is 22.7. The van der Waals surface area contributed by atoms with Crippen LogP contribution >= 0.6 is 0 Å². The van der Waals surface area contributed by atoms with Crippen LogP contribution in [0, 0.1) is 0 Å². The Bertz CT molecular complexity index is 890. The smallest absolute Gasteiger partial charge is 0.314 e. The zero-order valence-electron chi connectivity index (χ0n) is 19.8. The molecule has 180 valence electrons. The highest BCUT2D eigenvalue weighted by Gasteiger charge is 2.14. The molecule has 0 saturated carbocycles. The number of ether oxygens (including phenoxy) is 2. The summed E-state index contributed by atoms with van der Waals surface area (Å²) >= 11 is 0. The van der Waals surface area contributed by atoms with Crippen molar-refractivity contribution in [1.29, 1.82) is 0 Å². The minimum absolute atomic E-state index is 0.250. The molecule has 0 unspecified atom stereocenters. The Kier molecular flexibility index (Phi) is 9.18. The molecule has 7 heteroatoms. The second-order valence-corrected chi connectivity index (χ2v) is 9.11. The predicted molar refractivity (Wildman–Crippen MR) is 131 cm³/mol. The molecule has 0 N–H and O–H groups in total. The molecular formula is C26H38N4O3. The van der Waals surface area contributed by atoms with Crippen LogP contribution in [-0.4, -0.2) is 72.1 Å². The van der Waals surface area contributed by atoms with Gasteiger partial charge in [-0.3, -0.25) is 4.79 Å². The number of likely N-dealkylation sites (tertiary alicyclic amines) is 2. The van der Waals surface area contributed by atoms with Crippen LogP contribution in [0.1, 0.15) is 51.4 Å². The van der Waals surface area contributed by atoms with E-state index in [2.05, 4.69) is 14.9 Å². The summed E-state index contributed by atoms with van der Waals surface area (Å²) in [5.41, 5.74) is 0.458. The Morgan fingerprint density at radius 2 is 1.33 bits per heavy atom. The minimum atomic E-state index is -0.250. The van der Waals surface area contributed by atoms with Gasteiger partial charge in [0, 0.05) is 19.2 Å². The van der Waals surface area contributed by atoms with E-state index in [0.29, 0.717) is 30.5 Å². The topological polar surface area (TPSA) is 59.8 Å². The first-order chi connectivity index (χ1) is 16.3. The van der Waals surface area contributed by atoms with Gasteiger partial charge < -0.3 is 19.3 Å². The van der Waals surface area contributed by atoms with Crippen molar-refractivity contribution < 1.29 is 9.47 Å². The van der Waals surface area contributed by atoms with Crippen molar-refractivity contribution in [2.24, 2.45) is 0 Å². The number of hydrogen-bond donors (Lipinski definition) is 0. The molecule has 2 saturated heterocycles. The molecule has 2 aromatic rings. The fraction of sp³-hybridized carbons (Fsp3) is 0.615. The van der Waals surface area contributed by atoms with E-state index < -0.39 is 0 Å². The summed E-state index contributed by atoms with van der Waals surface area (Å²) in [6, 6.07) is 11.1. The minimum Gasteiger partial charge on any atom is -0.488 e. The van der Waals surface area contributed by atoms with Crippen LogP contribution in [0.2, 0.25) is 0 Å². The van der Waals surface area contributed by atoms with E-state index in [1.54, 1.807) is 6.07 Å². The van der Waals surface area contributed by atoms with Gasteiger partial charge in [-0.05, 0) is 76.8 Å². The van der Waals surface area contributed by atoms with Gasteiger partial charge in [-0.25, -0.2) is 0 Å². The molecule has 1 aromatic heterocycles. The number of rotatable bonds is 11. The number of aromatic nitrogens is 2. The molecule has 0 bridgehead atoms. The highest BCUT2D eigenvalue weighted by molar-refractivity contribution is 5.34. The lowest BCUT2D eigenvalue weighted by atomic mass is 10.1. The molecule has 2 aliphatic rings. The summed E-state index contributed by atoms with van der Waals surface area (Å²) in [6.07, 6.45) is 9.68. The Morgan fingerprint density at radius 1 is 0.758 bits per heavy atom.